The van der Waals surface area contributed by atoms with E-state index in [0.29, 0.717) is 5.92 Å². The Kier molecular flexibility index (Phi) is 6.70. The van der Waals surface area contributed by atoms with Gasteiger partial charge in [-0.05, 0) is 19.3 Å². The summed E-state index contributed by atoms with van der Waals surface area (Å²) in [7, 11) is 0. The third-order valence-electron chi connectivity index (χ3n) is 1.70. The molecule has 0 aliphatic rings. The molecule has 0 aromatic rings. The fourth-order valence-electron chi connectivity index (χ4n) is 1.27. The van der Waals surface area contributed by atoms with E-state index in [1.807, 2.05) is 6.92 Å². The zero-order valence-corrected chi connectivity index (χ0v) is 9.58. The number of rotatable bonds is 7. The van der Waals surface area contributed by atoms with E-state index in [1.165, 1.54) is 0 Å². The van der Waals surface area contributed by atoms with Gasteiger partial charge in [-0.2, -0.15) is 0 Å². The van der Waals surface area contributed by atoms with Crippen molar-refractivity contribution in [3.63, 3.8) is 0 Å². The SMILES string of the molecule is CC(C)CC(C)OC(=O)CNCC(N)=O. The largest absolute Gasteiger partial charge is 0.462 e. The van der Waals surface area contributed by atoms with Crippen LogP contribution in [0.4, 0.5) is 0 Å². The molecule has 5 heteroatoms. The van der Waals surface area contributed by atoms with Crippen molar-refractivity contribution in [1.82, 2.24) is 5.32 Å². The molecule has 0 aromatic heterocycles. The van der Waals surface area contributed by atoms with Gasteiger partial charge >= 0.3 is 5.97 Å². The van der Waals surface area contributed by atoms with Gasteiger partial charge in [-0.25, -0.2) is 0 Å². The minimum atomic E-state index is -0.488. The topological polar surface area (TPSA) is 81.4 Å². The first-order valence-electron chi connectivity index (χ1n) is 5.10. The molecular weight excluding hydrogens is 196 g/mol. The summed E-state index contributed by atoms with van der Waals surface area (Å²) in [5.74, 6) is -0.353. The van der Waals surface area contributed by atoms with Crippen LogP contribution in [0.5, 0.6) is 0 Å². The maximum atomic E-state index is 11.2. The third kappa shape index (κ3) is 9.21. The van der Waals surface area contributed by atoms with E-state index in [4.69, 9.17) is 10.5 Å². The Bertz CT molecular complexity index is 217. The molecule has 3 N–H and O–H groups in total. The molecule has 0 aromatic carbocycles. The van der Waals surface area contributed by atoms with Gasteiger partial charge in [0.05, 0.1) is 19.2 Å². The summed E-state index contributed by atoms with van der Waals surface area (Å²) in [5.41, 5.74) is 4.89. The molecule has 0 aliphatic heterocycles. The van der Waals surface area contributed by atoms with E-state index in [9.17, 15) is 9.59 Å². The van der Waals surface area contributed by atoms with Gasteiger partial charge in [0.1, 0.15) is 0 Å². The average Bonchev–Trinajstić information content (AvgIpc) is 2.00. The number of hydrogen-bond donors (Lipinski definition) is 2. The lowest BCUT2D eigenvalue weighted by molar-refractivity contribution is -0.147. The van der Waals surface area contributed by atoms with Gasteiger partial charge in [-0.3, -0.25) is 14.9 Å². The first kappa shape index (κ1) is 13.9. The van der Waals surface area contributed by atoms with Crippen molar-refractivity contribution in [3.8, 4) is 0 Å². The molecule has 0 rings (SSSR count). The molecule has 1 unspecified atom stereocenters. The maximum Gasteiger partial charge on any atom is 0.320 e. The van der Waals surface area contributed by atoms with Crippen LogP contribution in [0.1, 0.15) is 27.2 Å². The lowest BCUT2D eigenvalue weighted by atomic mass is 10.1. The zero-order chi connectivity index (χ0) is 11.8. The smallest absolute Gasteiger partial charge is 0.320 e. The fraction of sp³-hybridized carbons (Fsp3) is 0.800. The normalized spacial score (nSPS) is 12.5. The first-order valence-corrected chi connectivity index (χ1v) is 5.10. The number of nitrogens with two attached hydrogens (primary N) is 1. The average molecular weight is 216 g/mol. The van der Waals surface area contributed by atoms with Crippen molar-refractivity contribution < 1.29 is 14.3 Å². The molecule has 0 fully saturated rings. The van der Waals surface area contributed by atoms with Crippen LogP contribution >= 0.6 is 0 Å². The van der Waals surface area contributed by atoms with Crippen LogP contribution in [0.25, 0.3) is 0 Å². The summed E-state index contributed by atoms with van der Waals surface area (Å²) in [5, 5.41) is 2.59. The monoisotopic (exact) mass is 216 g/mol. The Hall–Kier alpha value is -1.10. The number of hydrogen-bond acceptors (Lipinski definition) is 4. The molecule has 1 atom stereocenters. The highest BCUT2D eigenvalue weighted by Gasteiger charge is 2.10. The quantitative estimate of drug-likeness (QED) is 0.589. The van der Waals surface area contributed by atoms with Crippen LogP contribution in [0.2, 0.25) is 0 Å². The number of ether oxygens (including phenoxy) is 1. The second-order valence-electron chi connectivity index (χ2n) is 4.00. The van der Waals surface area contributed by atoms with Gasteiger partial charge in [-0.15, -0.1) is 0 Å². The van der Waals surface area contributed by atoms with Crippen molar-refractivity contribution in [2.75, 3.05) is 13.1 Å². The summed E-state index contributed by atoms with van der Waals surface area (Å²) in [6.07, 6.45) is 0.745. The molecule has 15 heavy (non-hydrogen) atoms. The summed E-state index contributed by atoms with van der Waals surface area (Å²) in [4.78, 5) is 21.5. The molecule has 0 spiro atoms. The molecular formula is C10H20N2O3. The van der Waals surface area contributed by atoms with Crippen molar-refractivity contribution in [2.45, 2.75) is 33.3 Å². The van der Waals surface area contributed by atoms with Crippen LogP contribution in [-0.4, -0.2) is 31.1 Å². The molecule has 0 bridgehead atoms. The highest BCUT2D eigenvalue weighted by Crippen LogP contribution is 2.07. The fourth-order valence-corrected chi connectivity index (χ4v) is 1.27. The highest BCUT2D eigenvalue weighted by atomic mass is 16.5. The van der Waals surface area contributed by atoms with E-state index < -0.39 is 5.91 Å². The Balaban J connectivity index is 3.60. The van der Waals surface area contributed by atoms with Crippen LogP contribution < -0.4 is 11.1 Å². The van der Waals surface area contributed by atoms with Crippen molar-refractivity contribution in [2.24, 2.45) is 11.7 Å². The van der Waals surface area contributed by atoms with Gasteiger partial charge in [0, 0.05) is 0 Å². The standard InChI is InChI=1S/C10H20N2O3/c1-7(2)4-8(3)15-10(14)6-12-5-9(11)13/h7-8,12H,4-6H2,1-3H3,(H2,11,13). The van der Waals surface area contributed by atoms with Crippen molar-refractivity contribution >= 4 is 11.9 Å². The molecule has 0 saturated heterocycles. The maximum absolute atomic E-state index is 11.2. The van der Waals surface area contributed by atoms with E-state index in [2.05, 4.69) is 19.2 Å². The number of amides is 1. The predicted molar refractivity (Wildman–Crippen MR) is 57.1 cm³/mol. The van der Waals surface area contributed by atoms with Gasteiger partial charge in [0.2, 0.25) is 5.91 Å². The van der Waals surface area contributed by atoms with E-state index >= 15 is 0 Å². The molecule has 5 nitrogen and oxygen atoms in total. The number of carbonyl (C=O) groups is 2. The third-order valence-corrected chi connectivity index (χ3v) is 1.70. The van der Waals surface area contributed by atoms with E-state index in [1.54, 1.807) is 0 Å². The van der Waals surface area contributed by atoms with Crippen molar-refractivity contribution in [3.05, 3.63) is 0 Å². The van der Waals surface area contributed by atoms with Crippen LogP contribution in [0, 0.1) is 5.92 Å². The minimum absolute atomic E-state index is 0.00629. The number of esters is 1. The molecule has 0 heterocycles. The lowest BCUT2D eigenvalue weighted by Gasteiger charge is -2.15. The van der Waals surface area contributed by atoms with Gasteiger partial charge in [0.15, 0.2) is 0 Å². The predicted octanol–water partition coefficient (Wildman–Crippen LogP) is 0.0391. The Morgan fingerprint density at radius 3 is 2.33 bits per heavy atom. The Morgan fingerprint density at radius 2 is 1.87 bits per heavy atom. The van der Waals surface area contributed by atoms with Gasteiger partial charge in [-0.1, -0.05) is 13.8 Å². The molecule has 0 saturated carbocycles. The summed E-state index contributed by atoms with van der Waals surface area (Å²) in [6, 6.07) is 0. The molecule has 1 amide bonds. The first-order chi connectivity index (χ1) is 6.91. The van der Waals surface area contributed by atoms with Crippen LogP contribution in [-0.2, 0) is 14.3 Å². The summed E-state index contributed by atoms with van der Waals surface area (Å²) in [6.45, 7) is 6.00. The van der Waals surface area contributed by atoms with E-state index in [0.717, 1.165) is 6.42 Å². The van der Waals surface area contributed by atoms with Gasteiger partial charge < -0.3 is 10.5 Å². The van der Waals surface area contributed by atoms with E-state index in [-0.39, 0.29) is 25.2 Å². The second-order valence-corrected chi connectivity index (χ2v) is 4.00. The van der Waals surface area contributed by atoms with Crippen molar-refractivity contribution in [1.29, 1.82) is 0 Å². The number of nitrogens with one attached hydrogen (secondary N) is 1. The second kappa shape index (κ2) is 7.23. The summed E-state index contributed by atoms with van der Waals surface area (Å²) < 4.78 is 5.09. The van der Waals surface area contributed by atoms with Crippen LogP contribution in [0.15, 0.2) is 0 Å². The minimum Gasteiger partial charge on any atom is -0.462 e. The highest BCUT2D eigenvalue weighted by molar-refractivity contribution is 5.77. The lowest BCUT2D eigenvalue weighted by Crippen LogP contribution is -2.34. The number of carbonyl (C=O) groups excluding carboxylic acids is 2. The van der Waals surface area contributed by atoms with Crippen LogP contribution in [0.3, 0.4) is 0 Å². The molecule has 88 valence electrons. The molecule has 0 aliphatic carbocycles. The number of primary amides is 1. The Morgan fingerprint density at radius 1 is 1.27 bits per heavy atom. The zero-order valence-electron chi connectivity index (χ0n) is 9.58. The summed E-state index contributed by atoms with van der Waals surface area (Å²) >= 11 is 0. The Labute approximate surface area is 90.4 Å². The van der Waals surface area contributed by atoms with Gasteiger partial charge in [0.25, 0.3) is 0 Å². The molecule has 0 radical (unpaired) electrons.